The normalized spacial score (nSPS) is 14.8. The number of nitrogens with one attached hydrogen (secondary N) is 1. The lowest BCUT2D eigenvalue weighted by atomic mass is 9.95. The molecule has 0 spiro atoms. The first kappa shape index (κ1) is 20.2. The number of rotatable bonds is 6. The van der Waals surface area contributed by atoms with Gasteiger partial charge in [0.1, 0.15) is 5.82 Å². The zero-order chi connectivity index (χ0) is 21.0. The number of amides is 1. The zero-order valence-corrected chi connectivity index (χ0v) is 18.8. The van der Waals surface area contributed by atoms with Crippen LogP contribution in [0, 0.1) is 5.92 Å². The molecular weight excluding hydrogens is 424 g/mol. The maximum absolute atomic E-state index is 12.6. The van der Waals surface area contributed by atoms with Gasteiger partial charge in [-0.1, -0.05) is 18.2 Å². The van der Waals surface area contributed by atoms with E-state index in [1.807, 2.05) is 18.2 Å². The maximum atomic E-state index is 12.6. The fraction of sp³-hybridized carbons (Fsp3) is 0.292. The first-order valence-corrected chi connectivity index (χ1v) is 12.4. The molecule has 1 aromatic carbocycles. The molecule has 31 heavy (non-hydrogen) atoms. The van der Waals surface area contributed by atoms with Crippen molar-refractivity contribution in [1.82, 2.24) is 15.3 Å². The van der Waals surface area contributed by atoms with Crippen molar-refractivity contribution >= 4 is 45.3 Å². The standard InChI is InChI=1S/C24H24N4OS2/c29-24(25-11-7-19-4-3-14-31-19)17-8-12-28(13-9-17)23-20-5-1-2-6-21(20)26-22(27-23)18-10-15-30-16-18/h1-6,10,14-17H,7-9,11-13H2,(H,25,29). The van der Waals surface area contributed by atoms with Crippen LogP contribution >= 0.6 is 22.7 Å². The number of thiophene rings is 2. The summed E-state index contributed by atoms with van der Waals surface area (Å²) in [5, 5.41) is 10.4. The Bertz CT molecular complexity index is 1150. The van der Waals surface area contributed by atoms with E-state index in [0.29, 0.717) is 6.54 Å². The van der Waals surface area contributed by atoms with Gasteiger partial charge in [0.05, 0.1) is 5.52 Å². The topological polar surface area (TPSA) is 58.1 Å². The van der Waals surface area contributed by atoms with E-state index in [2.05, 4.69) is 50.6 Å². The summed E-state index contributed by atoms with van der Waals surface area (Å²) in [6.45, 7) is 2.36. The minimum absolute atomic E-state index is 0.0732. The third kappa shape index (κ3) is 4.48. The summed E-state index contributed by atoms with van der Waals surface area (Å²) in [6, 6.07) is 14.4. The third-order valence-corrected chi connectivity index (χ3v) is 7.40. The van der Waals surface area contributed by atoms with Crippen molar-refractivity contribution in [2.45, 2.75) is 19.3 Å². The summed E-state index contributed by atoms with van der Waals surface area (Å²) in [5.74, 6) is 2.00. The molecule has 4 heterocycles. The Morgan fingerprint density at radius 2 is 1.94 bits per heavy atom. The molecule has 1 aliphatic rings. The molecule has 7 heteroatoms. The van der Waals surface area contributed by atoms with Gasteiger partial charge in [-0.25, -0.2) is 9.97 Å². The van der Waals surface area contributed by atoms with E-state index in [1.54, 1.807) is 22.7 Å². The predicted octanol–water partition coefficient (Wildman–Crippen LogP) is 5.00. The Labute approximate surface area is 189 Å². The second-order valence-electron chi connectivity index (χ2n) is 7.78. The number of carbonyl (C=O) groups is 1. The number of piperidine rings is 1. The highest BCUT2D eigenvalue weighted by Crippen LogP contribution is 2.31. The summed E-state index contributed by atoms with van der Waals surface area (Å²) >= 11 is 3.39. The summed E-state index contributed by atoms with van der Waals surface area (Å²) in [4.78, 5) is 26.0. The van der Waals surface area contributed by atoms with Crippen LogP contribution in [0.5, 0.6) is 0 Å². The first-order chi connectivity index (χ1) is 15.3. The number of hydrogen-bond donors (Lipinski definition) is 1. The van der Waals surface area contributed by atoms with E-state index in [4.69, 9.17) is 9.97 Å². The van der Waals surface area contributed by atoms with Crippen molar-refractivity contribution in [2.24, 2.45) is 5.92 Å². The minimum atomic E-state index is 0.0732. The van der Waals surface area contributed by atoms with Crippen molar-refractivity contribution < 1.29 is 4.79 Å². The van der Waals surface area contributed by atoms with E-state index in [0.717, 1.165) is 60.5 Å². The van der Waals surface area contributed by atoms with Gasteiger partial charge in [-0.05, 0) is 54.3 Å². The number of fused-ring (bicyclic) bond motifs is 1. The van der Waals surface area contributed by atoms with Crippen molar-refractivity contribution in [3.05, 3.63) is 63.5 Å². The van der Waals surface area contributed by atoms with Crippen LogP contribution in [0.2, 0.25) is 0 Å². The van der Waals surface area contributed by atoms with Gasteiger partial charge in [0.2, 0.25) is 5.91 Å². The van der Waals surface area contributed by atoms with E-state index >= 15 is 0 Å². The average Bonchev–Trinajstić information content (AvgIpc) is 3.53. The first-order valence-electron chi connectivity index (χ1n) is 10.6. The molecule has 0 aliphatic carbocycles. The Kier molecular flexibility index (Phi) is 5.95. The van der Waals surface area contributed by atoms with Gasteiger partial charge in [-0.2, -0.15) is 11.3 Å². The van der Waals surface area contributed by atoms with E-state index in [9.17, 15) is 4.79 Å². The Morgan fingerprint density at radius 1 is 1.06 bits per heavy atom. The maximum Gasteiger partial charge on any atom is 0.223 e. The molecule has 0 radical (unpaired) electrons. The quantitative estimate of drug-likeness (QED) is 0.451. The predicted molar refractivity (Wildman–Crippen MR) is 129 cm³/mol. The molecule has 1 saturated heterocycles. The molecule has 1 fully saturated rings. The lowest BCUT2D eigenvalue weighted by Gasteiger charge is -2.33. The van der Waals surface area contributed by atoms with Crippen LogP contribution < -0.4 is 10.2 Å². The van der Waals surface area contributed by atoms with Gasteiger partial charge in [-0.15, -0.1) is 11.3 Å². The molecule has 0 atom stereocenters. The van der Waals surface area contributed by atoms with Gasteiger partial charge in [0, 0.05) is 46.8 Å². The van der Waals surface area contributed by atoms with Crippen LogP contribution in [-0.2, 0) is 11.2 Å². The molecular formula is C24H24N4OS2. The fourth-order valence-electron chi connectivity index (χ4n) is 4.08. The average molecular weight is 449 g/mol. The number of aromatic nitrogens is 2. The summed E-state index contributed by atoms with van der Waals surface area (Å²) in [5.41, 5.74) is 2.01. The highest BCUT2D eigenvalue weighted by atomic mass is 32.1. The second-order valence-corrected chi connectivity index (χ2v) is 9.59. The molecule has 5 nitrogen and oxygen atoms in total. The number of benzene rings is 1. The van der Waals surface area contributed by atoms with Crippen molar-refractivity contribution in [1.29, 1.82) is 0 Å². The van der Waals surface area contributed by atoms with Crippen LogP contribution in [-0.4, -0.2) is 35.5 Å². The number of carbonyl (C=O) groups excluding carboxylic acids is 1. The van der Waals surface area contributed by atoms with Gasteiger partial charge >= 0.3 is 0 Å². The van der Waals surface area contributed by atoms with E-state index in [1.165, 1.54) is 4.88 Å². The van der Waals surface area contributed by atoms with Gasteiger partial charge < -0.3 is 10.2 Å². The van der Waals surface area contributed by atoms with Crippen molar-refractivity contribution in [2.75, 3.05) is 24.5 Å². The van der Waals surface area contributed by atoms with E-state index in [-0.39, 0.29) is 11.8 Å². The summed E-state index contributed by atoms with van der Waals surface area (Å²) < 4.78 is 0. The third-order valence-electron chi connectivity index (χ3n) is 5.78. The molecule has 4 aromatic rings. The van der Waals surface area contributed by atoms with Crippen molar-refractivity contribution in [3.8, 4) is 11.4 Å². The Balaban J connectivity index is 1.27. The van der Waals surface area contributed by atoms with Crippen molar-refractivity contribution in [3.63, 3.8) is 0 Å². The van der Waals surface area contributed by atoms with Crippen LogP contribution in [0.3, 0.4) is 0 Å². The number of anilines is 1. The number of nitrogens with zero attached hydrogens (tertiary/aromatic N) is 3. The van der Waals surface area contributed by atoms with E-state index < -0.39 is 0 Å². The van der Waals surface area contributed by atoms with Gasteiger partial charge in [0.25, 0.3) is 0 Å². The molecule has 0 unspecified atom stereocenters. The molecule has 3 aromatic heterocycles. The minimum Gasteiger partial charge on any atom is -0.356 e. The Hall–Kier alpha value is -2.77. The molecule has 1 amide bonds. The van der Waals surface area contributed by atoms with Crippen LogP contribution in [0.25, 0.3) is 22.3 Å². The van der Waals surface area contributed by atoms with Crippen LogP contribution in [0.15, 0.2) is 58.6 Å². The molecule has 0 saturated carbocycles. The smallest absolute Gasteiger partial charge is 0.223 e. The van der Waals surface area contributed by atoms with Gasteiger partial charge in [-0.3, -0.25) is 4.79 Å². The monoisotopic (exact) mass is 448 g/mol. The highest BCUT2D eigenvalue weighted by Gasteiger charge is 2.26. The second kappa shape index (κ2) is 9.16. The molecule has 158 valence electrons. The van der Waals surface area contributed by atoms with Crippen LogP contribution in [0.1, 0.15) is 17.7 Å². The number of hydrogen-bond acceptors (Lipinski definition) is 6. The highest BCUT2D eigenvalue weighted by molar-refractivity contribution is 7.09. The summed E-state index contributed by atoms with van der Waals surface area (Å²) in [6.07, 6.45) is 2.59. The lowest BCUT2D eigenvalue weighted by molar-refractivity contribution is -0.125. The largest absolute Gasteiger partial charge is 0.356 e. The molecule has 1 aliphatic heterocycles. The van der Waals surface area contributed by atoms with Crippen LogP contribution in [0.4, 0.5) is 5.82 Å². The molecule has 5 rings (SSSR count). The Morgan fingerprint density at radius 3 is 2.71 bits per heavy atom. The SMILES string of the molecule is O=C(NCCc1cccs1)C1CCN(c2nc(-c3ccsc3)nc3ccccc23)CC1. The summed E-state index contributed by atoms with van der Waals surface area (Å²) in [7, 11) is 0. The molecule has 1 N–H and O–H groups in total. The van der Waals surface area contributed by atoms with Gasteiger partial charge in [0.15, 0.2) is 5.82 Å². The molecule has 0 bridgehead atoms. The zero-order valence-electron chi connectivity index (χ0n) is 17.2. The number of para-hydroxylation sites is 1. The fourth-order valence-corrected chi connectivity index (χ4v) is 5.43. The lowest BCUT2D eigenvalue weighted by Crippen LogP contribution is -2.41.